The van der Waals surface area contributed by atoms with Gasteiger partial charge in [0.15, 0.2) is 0 Å². The van der Waals surface area contributed by atoms with Crippen LogP contribution in [0.15, 0.2) is 18.2 Å². The number of rotatable bonds is 4. The van der Waals surface area contributed by atoms with Crippen LogP contribution in [0.5, 0.6) is 0 Å². The summed E-state index contributed by atoms with van der Waals surface area (Å²) in [6, 6.07) is 3.57. The molecule has 118 valence electrons. The number of amides is 2. The minimum Gasteiger partial charge on any atom is -0.481 e. The van der Waals surface area contributed by atoms with Crippen molar-refractivity contribution >= 4 is 29.3 Å². The molecular weight excluding hydrogens is 314 g/mol. The number of carbonyl (C=O) groups is 2. The smallest absolute Gasteiger partial charge is 0.317 e. The van der Waals surface area contributed by atoms with Crippen LogP contribution >= 0.6 is 11.6 Å². The molecule has 1 unspecified atom stereocenters. The van der Waals surface area contributed by atoms with E-state index < -0.39 is 22.8 Å². The van der Waals surface area contributed by atoms with Gasteiger partial charge in [0, 0.05) is 36.8 Å². The van der Waals surface area contributed by atoms with Crippen LogP contribution in [0.4, 0.5) is 10.5 Å². The van der Waals surface area contributed by atoms with E-state index in [1.807, 2.05) is 0 Å². The van der Waals surface area contributed by atoms with Crippen LogP contribution in [0, 0.1) is 16.0 Å². The molecule has 2 amide bonds. The number of likely N-dealkylation sites (tertiary alicyclic amines) is 1. The number of carboxylic acids is 1. The average molecular weight is 328 g/mol. The molecule has 1 aromatic carbocycles. The van der Waals surface area contributed by atoms with Gasteiger partial charge < -0.3 is 15.3 Å². The van der Waals surface area contributed by atoms with Gasteiger partial charge in [-0.25, -0.2) is 4.79 Å². The molecule has 1 aromatic rings. The van der Waals surface area contributed by atoms with E-state index in [1.54, 1.807) is 0 Å². The number of aliphatic carboxylic acids is 1. The molecule has 0 saturated carbocycles. The number of carboxylic acid groups (broad SMARTS) is 1. The zero-order valence-electron chi connectivity index (χ0n) is 11.5. The molecule has 0 spiro atoms. The monoisotopic (exact) mass is 327 g/mol. The fraction of sp³-hybridized carbons (Fsp3) is 0.385. The zero-order valence-corrected chi connectivity index (χ0v) is 12.2. The van der Waals surface area contributed by atoms with E-state index in [0.29, 0.717) is 23.6 Å². The number of hydrogen-bond acceptors (Lipinski definition) is 4. The highest BCUT2D eigenvalue weighted by molar-refractivity contribution is 6.31. The number of nitro benzene ring substituents is 1. The Morgan fingerprint density at radius 1 is 1.50 bits per heavy atom. The number of benzene rings is 1. The van der Waals surface area contributed by atoms with Crippen molar-refractivity contribution in [2.24, 2.45) is 5.92 Å². The van der Waals surface area contributed by atoms with Crippen molar-refractivity contribution in [3.05, 3.63) is 38.9 Å². The first-order chi connectivity index (χ1) is 10.4. The molecule has 1 aliphatic rings. The SMILES string of the molecule is O=C(O)C1CCN(C(=O)NCc2cc([N+](=O)[O-])ccc2Cl)C1. The summed E-state index contributed by atoms with van der Waals surface area (Å²) in [5, 5.41) is 22.5. The van der Waals surface area contributed by atoms with Crippen LogP contribution in [0.1, 0.15) is 12.0 Å². The van der Waals surface area contributed by atoms with E-state index in [2.05, 4.69) is 5.32 Å². The number of nitro groups is 1. The fourth-order valence-electron chi connectivity index (χ4n) is 2.24. The highest BCUT2D eigenvalue weighted by atomic mass is 35.5. The molecule has 1 aliphatic heterocycles. The molecule has 22 heavy (non-hydrogen) atoms. The van der Waals surface area contributed by atoms with Crippen molar-refractivity contribution in [1.29, 1.82) is 0 Å². The van der Waals surface area contributed by atoms with Gasteiger partial charge in [0.2, 0.25) is 0 Å². The van der Waals surface area contributed by atoms with Crippen molar-refractivity contribution in [2.75, 3.05) is 13.1 Å². The third kappa shape index (κ3) is 3.64. The van der Waals surface area contributed by atoms with E-state index in [4.69, 9.17) is 16.7 Å². The lowest BCUT2D eigenvalue weighted by Crippen LogP contribution is -2.38. The highest BCUT2D eigenvalue weighted by Crippen LogP contribution is 2.22. The van der Waals surface area contributed by atoms with Crippen LogP contribution in [-0.2, 0) is 11.3 Å². The fourth-order valence-corrected chi connectivity index (χ4v) is 2.42. The highest BCUT2D eigenvalue weighted by Gasteiger charge is 2.30. The molecule has 2 N–H and O–H groups in total. The third-order valence-electron chi connectivity index (χ3n) is 3.49. The van der Waals surface area contributed by atoms with Gasteiger partial charge >= 0.3 is 12.0 Å². The zero-order chi connectivity index (χ0) is 16.3. The summed E-state index contributed by atoms with van der Waals surface area (Å²) in [7, 11) is 0. The molecule has 0 radical (unpaired) electrons. The number of hydrogen-bond donors (Lipinski definition) is 2. The number of non-ortho nitro benzene ring substituents is 1. The van der Waals surface area contributed by atoms with Gasteiger partial charge in [-0.2, -0.15) is 0 Å². The Morgan fingerprint density at radius 2 is 2.23 bits per heavy atom. The first-order valence-corrected chi connectivity index (χ1v) is 6.94. The Balaban J connectivity index is 1.96. The van der Waals surface area contributed by atoms with E-state index in [1.165, 1.54) is 23.1 Å². The van der Waals surface area contributed by atoms with Crippen molar-refractivity contribution in [3.63, 3.8) is 0 Å². The molecule has 0 bridgehead atoms. The lowest BCUT2D eigenvalue weighted by molar-refractivity contribution is -0.384. The molecule has 1 atom stereocenters. The van der Waals surface area contributed by atoms with Gasteiger partial charge in [0.1, 0.15) is 0 Å². The van der Waals surface area contributed by atoms with E-state index in [0.717, 1.165) is 0 Å². The van der Waals surface area contributed by atoms with Crippen LogP contribution in [0.25, 0.3) is 0 Å². The topological polar surface area (TPSA) is 113 Å². The second-order valence-electron chi connectivity index (χ2n) is 4.96. The van der Waals surface area contributed by atoms with Crippen LogP contribution in [0.3, 0.4) is 0 Å². The Bertz CT molecular complexity index is 622. The van der Waals surface area contributed by atoms with Gasteiger partial charge in [-0.05, 0) is 18.1 Å². The largest absolute Gasteiger partial charge is 0.481 e. The molecule has 1 heterocycles. The third-order valence-corrected chi connectivity index (χ3v) is 3.86. The van der Waals surface area contributed by atoms with Crippen LogP contribution in [0.2, 0.25) is 5.02 Å². The lowest BCUT2D eigenvalue weighted by Gasteiger charge is -2.17. The van der Waals surface area contributed by atoms with Gasteiger partial charge in [-0.3, -0.25) is 14.9 Å². The number of halogens is 1. The molecule has 1 fully saturated rings. The quantitative estimate of drug-likeness (QED) is 0.647. The van der Waals surface area contributed by atoms with Gasteiger partial charge in [0.05, 0.1) is 10.8 Å². The second kappa shape index (κ2) is 6.61. The van der Waals surface area contributed by atoms with Gasteiger partial charge in [-0.15, -0.1) is 0 Å². The number of nitrogens with zero attached hydrogens (tertiary/aromatic N) is 2. The minimum atomic E-state index is -0.919. The maximum Gasteiger partial charge on any atom is 0.317 e. The second-order valence-corrected chi connectivity index (χ2v) is 5.37. The molecule has 0 aromatic heterocycles. The van der Waals surface area contributed by atoms with Crippen LogP contribution in [-0.4, -0.2) is 40.0 Å². The van der Waals surface area contributed by atoms with Crippen LogP contribution < -0.4 is 5.32 Å². The summed E-state index contributed by atoms with van der Waals surface area (Å²) in [4.78, 5) is 34.4. The van der Waals surface area contributed by atoms with Crippen molar-refractivity contribution in [2.45, 2.75) is 13.0 Å². The van der Waals surface area contributed by atoms with Crippen molar-refractivity contribution in [1.82, 2.24) is 10.2 Å². The maximum atomic E-state index is 12.0. The Hall–Kier alpha value is -2.35. The van der Waals surface area contributed by atoms with Gasteiger partial charge in [0.25, 0.3) is 5.69 Å². The first kappa shape index (κ1) is 16.0. The summed E-state index contributed by atoms with van der Waals surface area (Å²) in [5.74, 6) is -1.47. The Kier molecular flexibility index (Phi) is 4.81. The van der Waals surface area contributed by atoms with Crippen molar-refractivity contribution < 1.29 is 19.6 Å². The molecule has 1 saturated heterocycles. The summed E-state index contributed by atoms with van der Waals surface area (Å²) < 4.78 is 0. The summed E-state index contributed by atoms with van der Waals surface area (Å²) in [6.45, 7) is 0.558. The predicted molar refractivity (Wildman–Crippen MR) is 77.7 cm³/mol. The van der Waals surface area contributed by atoms with E-state index in [9.17, 15) is 19.7 Å². The first-order valence-electron chi connectivity index (χ1n) is 6.57. The maximum absolute atomic E-state index is 12.0. The molecule has 9 heteroatoms. The Morgan fingerprint density at radius 3 is 2.82 bits per heavy atom. The minimum absolute atomic E-state index is 0.0353. The molecule has 8 nitrogen and oxygen atoms in total. The van der Waals surface area contributed by atoms with Gasteiger partial charge in [-0.1, -0.05) is 11.6 Å². The number of nitrogens with one attached hydrogen (secondary N) is 1. The molecular formula is C13H14ClN3O5. The summed E-state index contributed by atoms with van der Waals surface area (Å²) >= 11 is 5.94. The number of urea groups is 1. The predicted octanol–water partition coefficient (Wildman–Crippen LogP) is 1.86. The normalized spacial score (nSPS) is 17.3. The van der Waals surface area contributed by atoms with E-state index in [-0.39, 0.29) is 18.8 Å². The Labute approximate surface area is 130 Å². The molecule has 2 rings (SSSR count). The standard InChI is InChI=1S/C13H14ClN3O5/c14-11-2-1-10(17(21)22)5-9(11)6-15-13(20)16-4-3-8(7-16)12(18)19/h1-2,5,8H,3-4,6-7H2,(H,15,20)(H,18,19). The summed E-state index contributed by atoms with van der Waals surface area (Å²) in [5.41, 5.74) is 0.318. The van der Waals surface area contributed by atoms with E-state index >= 15 is 0 Å². The average Bonchev–Trinajstić information content (AvgIpc) is 2.96. The summed E-state index contributed by atoms with van der Waals surface area (Å²) in [6.07, 6.45) is 0.417. The van der Waals surface area contributed by atoms with Crippen molar-refractivity contribution in [3.8, 4) is 0 Å². The number of carbonyl (C=O) groups excluding carboxylic acids is 1. The molecule has 0 aliphatic carbocycles. The lowest BCUT2D eigenvalue weighted by atomic mass is 10.1.